The molecular weight excluding hydrogens is 350 g/mol. The summed E-state index contributed by atoms with van der Waals surface area (Å²) in [4.78, 5) is 14.9. The first-order valence-corrected chi connectivity index (χ1v) is 10.1. The first kappa shape index (κ1) is 17.4. The quantitative estimate of drug-likeness (QED) is 0.564. The van der Waals surface area contributed by atoms with Crippen LogP contribution >= 0.6 is 0 Å². The van der Waals surface area contributed by atoms with E-state index in [1.165, 1.54) is 27.9 Å². The molecule has 0 N–H and O–H groups in total. The summed E-state index contributed by atoms with van der Waals surface area (Å²) in [6.07, 6.45) is 3.98. The molecule has 0 amide bonds. The molecule has 0 saturated heterocycles. The van der Waals surface area contributed by atoms with Crippen LogP contribution in [0.2, 0.25) is 0 Å². The third-order valence-corrected chi connectivity index (χ3v) is 6.13. The van der Waals surface area contributed by atoms with Gasteiger partial charge in [-0.05, 0) is 75.3 Å². The van der Waals surface area contributed by atoms with Crippen molar-refractivity contribution in [2.45, 2.75) is 53.0 Å². The van der Waals surface area contributed by atoms with Gasteiger partial charge in [0.2, 0.25) is 0 Å². The summed E-state index contributed by atoms with van der Waals surface area (Å²) in [5.74, 6) is 0.824. The Morgan fingerprint density at radius 1 is 0.929 bits per heavy atom. The van der Waals surface area contributed by atoms with E-state index in [4.69, 9.17) is 9.15 Å². The second-order valence-corrected chi connectivity index (χ2v) is 8.19. The van der Waals surface area contributed by atoms with Crippen LogP contribution < -0.4 is 15.3 Å². The first-order chi connectivity index (χ1) is 13.5. The lowest BCUT2D eigenvalue weighted by atomic mass is 9.90. The standard InChI is InChI=1S/C24H25NO3/c1-14-10-15(2)22(16(3)11-14)25-12-20-21(27-13-25)9-8-18-17-6-4-5-7-19(17)24(26)28-23(18)20/h8-11H,4-7,12-13H2,1-3H3. The predicted octanol–water partition coefficient (Wildman–Crippen LogP) is 4.95. The molecule has 5 rings (SSSR count). The number of anilines is 1. The van der Waals surface area contributed by atoms with Gasteiger partial charge in [-0.3, -0.25) is 0 Å². The average molecular weight is 375 g/mol. The highest BCUT2D eigenvalue weighted by Gasteiger charge is 2.26. The zero-order valence-electron chi connectivity index (χ0n) is 16.7. The van der Waals surface area contributed by atoms with Crippen LogP contribution in [0.3, 0.4) is 0 Å². The van der Waals surface area contributed by atoms with Crippen molar-refractivity contribution in [3.05, 3.63) is 68.1 Å². The highest BCUT2D eigenvalue weighted by molar-refractivity contribution is 5.87. The van der Waals surface area contributed by atoms with E-state index in [9.17, 15) is 4.79 Å². The Labute approximate surface area is 164 Å². The van der Waals surface area contributed by atoms with Crippen molar-refractivity contribution >= 4 is 16.7 Å². The number of nitrogens with zero attached hydrogens (tertiary/aromatic N) is 1. The van der Waals surface area contributed by atoms with E-state index < -0.39 is 0 Å². The minimum absolute atomic E-state index is 0.171. The number of aryl methyl sites for hydroxylation is 4. The summed E-state index contributed by atoms with van der Waals surface area (Å²) in [5.41, 5.74) is 8.51. The fraction of sp³-hybridized carbons (Fsp3) is 0.375. The van der Waals surface area contributed by atoms with Gasteiger partial charge in [-0.2, -0.15) is 0 Å². The average Bonchev–Trinajstić information content (AvgIpc) is 2.67. The van der Waals surface area contributed by atoms with Crippen molar-refractivity contribution in [1.82, 2.24) is 0 Å². The lowest BCUT2D eigenvalue weighted by Crippen LogP contribution is -2.33. The Hall–Kier alpha value is -2.75. The lowest BCUT2D eigenvalue weighted by Gasteiger charge is -2.33. The fourth-order valence-electron chi connectivity index (χ4n) is 5.03. The van der Waals surface area contributed by atoms with Crippen LogP contribution in [0.15, 0.2) is 33.5 Å². The van der Waals surface area contributed by atoms with E-state index in [-0.39, 0.29) is 5.63 Å². The van der Waals surface area contributed by atoms with Gasteiger partial charge in [-0.25, -0.2) is 4.79 Å². The number of hydrogen-bond acceptors (Lipinski definition) is 4. The van der Waals surface area contributed by atoms with E-state index in [1.807, 2.05) is 6.07 Å². The van der Waals surface area contributed by atoms with Crippen LogP contribution in [-0.2, 0) is 19.4 Å². The largest absolute Gasteiger partial charge is 0.473 e. The molecule has 3 aromatic rings. The molecule has 0 saturated carbocycles. The molecular formula is C24H25NO3. The number of ether oxygens (including phenoxy) is 1. The van der Waals surface area contributed by atoms with Crippen LogP contribution in [-0.4, -0.2) is 6.73 Å². The number of rotatable bonds is 1. The summed E-state index contributed by atoms with van der Waals surface area (Å²) in [5, 5.41) is 1.08. The number of hydrogen-bond donors (Lipinski definition) is 0. The number of benzene rings is 2. The van der Waals surface area contributed by atoms with Crippen molar-refractivity contribution in [3.63, 3.8) is 0 Å². The van der Waals surface area contributed by atoms with Crippen molar-refractivity contribution in [2.75, 3.05) is 11.6 Å². The Balaban J connectivity index is 1.66. The van der Waals surface area contributed by atoms with Gasteiger partial charge in [0, 0.05) is 16.6 Å². The minimum Gasteiger partial charge on any atom is -0.473 e. The lowest BCUT2D eigenvalue weighted by molar-refractivity contribution is 0.288. The molecule has 4 nitrogen and oxygen atoms in total. The predicted molar refractivity (Wildman–Crippen MR) is 111 cm³/mol. The summed E-state index contributed by atoms with van der Waals surface area (Å²) in [6, 6.07) is 8.52. The van der Waals surface area contributed by atoms with Gasteiger partial charge in [0.05, 0.1) is 12.1 Å². The highest BCUT2D eigenvalue weighted by atomic mass is 16.5. The van der Waals surface area contributed by atoms with Crippen molar-refractivity contribution < 1.29 is 9.15 Å². The summed E-state index contributed by atoms with van der Waals surface area (Å²) in [7, 11) is 0. The monoisotopic (exact) mass is 375 g/mol. The molecule has 0 bridgehead atoms. The molecule has 1 aliphatic heterocycles. The Morgan fingerprint density at radius 3 is 2.39 bits per heavy atom. The molecule has 0 radical (unpaired) electrons. The van der Waals surface area contributed by atoms with E-state index in [1.54, 1.807) is 0 Å². The topological polar surface area (TPSA) is 42.7 Å². The smallest absolute Gasteiger partial charge is 0.339 e. The molecule has 2 aliphatic rings. The number of fused-ring (bicyclic) bond motifs is 5. The first-order valence-electron chi connectivity index (χ1n) is 10.1. The highest BCUT2D eigenvalue weighted by Crippen LogP contribution is 2.38. The second-order valence-electron chi connectivity index (χ2n) is 8.19. The zero-order chi connectivity index (χ0) is 19.4. The molecule has 2 aromatic carbocycles. The maximum Gasteiger partial charge on any atom is 0.339 e. The van der Waals surface area contributed by atoms with Crippen molar-refractivity contribution in [1.29, 1.82) is 0 Å². The second kappa shape index (κ2) is 6.40. The molecule has 0 spiro atoms. The van der Waals surface area contributed by atoms with Crippen molar-refractivity contribution in [3.8, 4) is 5.75 Å². The van der Waals surface area contributed by atoms with Gasteiger partial charge in [0.25, 0.3) is 0 Å². The molecule has 1 aliphatic carbocycles. The summed E-state index contributed by atoms with van der Waals surface area (Å²) >= 11 is 0. The Bertz CT molecular complexity index is 1140. The molecule has 28 heavy (non-hydrogen) atoms. The molecule has 0 atom stereocenters. The molecule has 144 valence electrons. The normalized spacial score (nSPS) is 15.9. The minimum atomic E-state index is -0.171. The van der Waals surface area contributed by atoms with E-state index in [2.05, 4.69) is 43.9 Å². The SMILES string of the molecule is Cc1cc(C)c(N2COc3ccc4c5c(c(=O)oc4c3C2)CCCC5)c(C)c1. The maximum absolute atomic E-state index is 12.6. The fourth-order valence-corrected chi connectivity index (χ4v) is 5.03. The van der Waals surface area contributed by atoms with E-state index >= 15 is 0 Å². The maximum atomic E-state index is 12.6. The van der Waals surface area contributed by atoms with Gasteiger partial charge < -0.3 is 14.1 Å². The van der Waals surface area contributed by atoms with Crippen LogP contribution in [0, 0.1) is 20.8 Å². The Kier molecular flexibility index (Phi) is 3.97. The Morgan fingerprint density at radius 2 is 1.64 bits per heavy atom. The van der Waals surface area contributed by atoms with E-state index in [0.29, 0.717) is 18.9 Å². The van der Waals surface area contributed by atoms with Gasteiger partial charge >= 0.3 is 5.63 Å². The van der Waals surface area contributed by atoms with Gasteiger partial charge in [-0.15, -0.1) is 0 Å². The van der Waals surface area contributed by atoms with Gasteiger partial charge in [-0.1, -0.05) is 17.7 Å². The third-order valence-electron chi connectivity index (χ3n) is 6.13. The molecule has 1 aromatic heterocycles. The van der Waals surface area contributed by atoms with E-state index in [0.717, 1.165) is 47.9 Å². The summed E-state index contributed by atoms with van der Waals surface area (Å²) < 4.78 is 11.9. The zero-order valence-corrected chi connectivity index (χ0v) is 16.7. The molecule has 2 heterocycles. The van der Waals surface area contributed by atoms with Crippen LogP contribution in [0.1, 0.15) is 46.2 Å². The summed E-state index contributed by atoms with van der Waals surface area (Å²) in [6.45, 7) is 7.59. The third kappa shape index (κ3) is 2.62. The molecule has 0 unspecified atom stereocenters. The molecule has 4 heteroatoms. The van der Waals surface area contributed by atoms with Crippen LogP contribution in [0.4, 0.5) is 5.69 Å². The van der Waals surface area contributed by atoms with Gasteiger partial charge in [0.1, 0.15) is 11.3 Å². The van der Waals surface area contributed by atoms with Crippen LogP contribution in [0.5, 0.6) is 5.75 Å². The molecule has 0 fully saturated rings. The van der Waals surface area contributed by atoms with Crippen molar-refractivity contribution in [2.24, 2.45) is 0 Å². The van der Waals surface area contributed by atoms with Gasteiger partial charge in [0.15, 0.2) is 6.73 Å². The van der Waals surface area contributed by atoms with Crippen LogP contribution in [0.25, 0.3) is 11.0 Å².